The molecule has 8 heteroatoms. The van der Waals surface area contributed by atoms with E-state index in [1.54, 1.807) is 0 Å². The Morgan fingerprint density at radius 2 is 2.35 bits per heavy atom. The second kappa shape index (κ2) is 6.41. The highest BCUT2D eigenvalue weighted by Crippen LogP contribution is 2.35. The molecule has 0 aliphatic carbocycles. The van der Waals surface area contributed by atoms with Crippen LogP contribution in [0.25, 0.3) is 0 Å². The largest absolute Gasteiger partial charge is 0.490 e. The lowest BCUT2D eigenvalue weighted by atomic mass is 10.1. The molecule has 1 saturated heterocycles. The second-order valence-electron chi connectivity index (χ2n) is 4.40. The van der Waals surface area contributed by atoms with E-state index in [9.17, 15) is 9.59 Å². The monoisotopic (exact) mass is 315 g/mol. The smallest absolute Gasteiger partial charge is 0.228 e. The number of ether oxygens (including phenoxy) is 1. The minimum absolute atomic E-state index is 0.0489. The molecule has 0 saturated carbocycles. The van der Waals surface area contributed by atoms with Gasteiger partial charge in [-0.25, -0.2) is 9.97 Å². The predicted molar refractivity (Wildman–Crippen MR) is 77.2 cm³/mol. The third-order valence-corrected chi connectivity index (χ3v) is 4.24. The maximum Gasteiger partial charge on any atom is 0.228 e. The Kier molecular flexibility index (Phi) is 4.82. The molecule has 1 aliphatic heterocycles. The van der Waals surface area contributed by atoms with Gasteiger partial charge in [-0.2, -0.15) is 0 Å². The first-order valence-corrected chi connectivity index (χ1v) is 7.37. The van der Waals surface area contributed by atoms with E-state index in [4.69, 9.17) is 16.3 Å². The third kappa shape index (κ3) is 3.21. The van der Waals surface area contributed by atoms with Gasteiger partial charge in [0.25, 0.3) is 0 Å². The summed E-state index contributed by atoms with van der Waals surface area (Å²) in [5.41, 5.74) is 0. The topological polar surface area (TPSA) is 72.4 Å². The van der Waals surface area contributed by atoms with E-state index < -0.39 is 0 Å². The Morgan fingerprint density at radius 1 is 1.60 bits per heavy atom. The summed E-state index contributed by atoms with van der Waals surface area (Å²) in [4.78, 5) is 32.5. The van der Waals surface area contributed by atoms with Crippen molar-refractivity contribution in [3.8, 4) is 5.75 Å². The predicted octanol–water partition coefficient (Wildman–Crippen LogP) is 1.77. The second-order valence-corrected chi connectivity index (χ2v) is 5.95. The van der Waals surface area contributed by atoms with Crippen molar-refractivity contribution in [1.82, 2.24) is 9.97 Å². The molecule has 1 aromatic heterocycles. The zero-order valence-corrected chi connectivity index (χ0v) is 12.7. The first kappa shape index (κ1) is 15.1. The van der Waals surface area contributed by atoms with Crippen LogP contribution in [0.1, 0.15) is 13.3 Å². The third-order valence-electron chi connectivity index (χ3n) is 2.93. The Morgan fingerprint density at radius 3 is 3.00 bits per heavy atom. The van der Waals surface area contributed by atoms with Gasteiger partial charge in [0, 0.05) is 25.6 Å². The molecule has 0 radical (unpaired) electrons. The van der Waals surface area contributed by atoms with Gasteiger partial charge in [-0.1, -0.05) is 23.4 Å². The SMILES string of the molecule is COc1c(Cl)ncnc1N1CC(CSC(C)=O)CC1=O. The Labute approximate surface area is 125 Å². The quantitative estimate of drug-likeness (QED) is 0.789. The summed E-state index contributed by atoms with van der Waals surface area (Å²) in [5.74, 6) is 1.37. The van der Waals surface area contributed by atoms with Crippen molar-refractivity contribution in [1.29, 1.82) is 0 Å². The first-order chi connectivity index (χ1) is 9.52. The van der Waals surface area contributed by atoms with E-state index in [2.05, 4.69) is 9.97 Å². The minimum Gasteiger partial charge on any atom is -0.490 e. The van der Waals surface area contributed by atoms with Crippen LogP contribution >= 0.6 is 23.4 Å². The van der Waals surface area contributed by atoms with Gasteiger partial charge >= 0.3 is 0 Å². The molecule has 20 heavy (non-hydrogen) atoms. The molecule has 2 heterocycles. The minimum atomic E-state index is -0.0489. The number of carbonyl (C=O) groups is 2. The van der Waals surface area contributed by atoms with Gasteiger partial charge in [-0.3, -0.25) is 14.5 Å². The average Bonchev–Trinajstić information content (AvgIpc) is 2.77. The number of thioether (sulfide) groups is 1. The summed E-state index contributed by atoms with van der Waals surface area (Å²) in [6.45, 7) is 2.02. The number of hydrogen-bond donors (Lipinski definition) is 0. The van der Waals surface area contributed by atoms with E-state index in [0.717, 1.165) is 0 Å². The van der Waals surface area contributed by atoms with Crippen molar-refractivity contribution >= 4 is 40.2 Å². The molecule has 0 spiro atoms. The van der Waals surface area contributed by atoms with E-state index in [1.807, 2.05) is 0 Å². The van der Waals surface area contributed by atoms with Crippen molar-refractivity contribution in [2.45, 2.75) is 13.3 Å². The van der Waals surface area contributed by atoms with Crippen LogP contribution in [0.2, 0.25) is 5.15 Å². The fourth-order valence-electron chi connectivity index (χ4n) is 2.04. The van der Waals surface area contributed by atoms with Crippen molar-refractivity contribution < 1.29 is 14.3 Å². The molecular formula is C12H14ClN3O3S. The molecular weight excluding hydrogens is 302 g/mol. The summed E-state index contributed by atoms with van der Waals surface area (Å²) in [6, 6.07) is 0. The fraction of sp³-hybridized carbons (Fsp3) is 0.500. The number of hydrogen-bond acceptors (Lipinski definition) is 6. The van der Waals surface area contributed by atoms with Crippen LogP contribution in [0.5, 0.6) is 5.75 Å². The maximum absolute atomic E-state index is 12.1. The number of amides is 1. The first-order valence-electron chi connectivity index (χ1n) is 6.01. The normalized spacial score (nSPS) is 18.4. The molecule has 1 unspecified atom stereocenters. The molecule has 1 fully saturated rings. The highest BCUT2D eigenvalue weighted by atomic mass is 35.5. The Bertz CT molecular complexity index is 541. The Balaban J connectivity index is 2.16. The van der Waals surface area contributed by atoms with Gasteiger partial charge in [0.15, 0.2) is 21.8 Å². The van der Waals surface area contributed by atoms with Gasteiger partial charge in [0.2, 0.25) is 5.91 Å². The van der Waals surface area contributed by atoms with Gasteiger partial charge in [-0.15, -0.1) is 0 Å². The lowest BCUT2D eigenvalue weighted by molar-refractivity contribution is -0.117. The van der Waals surface area contributed by atoms with Crippen LogP contribution in [-0.4, -0.2) is 40.4 Å². The van der Waals surface area contributed by atoms with Gasteiger partial charge < -0.3 is 4.74 Å². The summed E-state index contributed by atoms with van der Waals surface area (Å²) >= 11 is 7.16. The highest BCUT2D eigenvalue weighted by Gasteiger charge is 2.33. The lowest BCUT2D eigenvalue weighted by Crippen LogP contribution is -2.26. The number of nitrogens with zero attached hydrogens (tertiary/aromatic N) is 3. The number of methoxy groups -OCH3 is 1. The standard InChI is InChI=1S/C12H14ClN3O3S/c1-7(17)20-5-8-3-9(18)16(4-8)12-10(19-2)11(13)14-6-15-12/h6,8H,3-5H2,1-2H3. The number of rotatable bonds is 4. The number of halogens is 1. The highest BCUT2D eigenvalue weighted by molar-refractivity contribution is 8.13. The van der Waals surface area contributed by atoms with Gasteiger partial charge in [0.1, 0.15) is 6.33 Å². The molecule has 1 amide bonds. The maximum atomic E-state index is 12.1. The summed E-state index contributed by atoms with van der Waals surface area (Å²) in [7, 11) is 1.46. The van der Waals surface area contributed by atoms with Gasteiger partial charge in [-0.05, 0) is 5.92 Å². The van der Waals surface area contributed by atoms with Crippen molar-refractivity contribution in [3.63, 3.8) is 0 Å². The Hall–Kier alpha value is -1.34. The van der Waals surface area contributed by atoms with E-state index in [0.29, 0.717) is 30.3 Å². The van der Waals surface area contributed by atoms with Crippen LogP contribution in [0, 0.1) is 5.92 Å². The van der Waals surface area contributed by atoms with Crippen LogP contribution < -0.4 is 9.64 Å². The summed E-state index contributed by atoms with van der Waals surface area (Å²) < 4.78 is 5.16. The van der Waals surface area contributed by atoms with E-state index in [1.165, 1.54) is 37.0 Å². The molecule has 108 valence electrons. The number of carbonyl (C=O) groups excluding carboxylic acids is 2. The zero-order chi connectivity index (χ0) is 14.7. The molecule has 1 aromatic rings. The number of anilines is 1. The molecule has 6 nitrogen and oxygen atoms in total. The van der Waals surface area contributed by atoms with Crippen molar-refractivity contribution in [2.24, 2.45) is 5.92 Å². The molecule has 1 aliphatic rings. The fourth-order valence-corrected chi connectivity index (χ4v) is 2.94. The van der Waals surface area contributed by atoms with Crippen LogP contribution in [0.3, 0.4) is 0 Å². The summed E-state index contributed by atoms with van der Waals surface area (Å²) in [5, 5.41) is 0.227. The van der Waals surface area contributed by atoms with E-state index in [-0.39, 0.29) is 22.1 Å². The molecule has 1 atom stereocenters. The summed E-state index contributed by atoms with van der Waals surface area (Å²) in [6.07, 6.45) is 1.69. The zero-order valence-electron chi connectivity index (χ0n) is 11.1. The number of aromatic nitrogens is 2. The lowest BCUT2D eigenvalue weighted by Gasteiger charge is -2.18. The van der Waals surface area contributed by atoms with Crippen molar-refractivity contribution in [3.05, 3.63) is 11.5 Å². The van der Waals surface area contributed by atoms with Crippen molar-refractivity contribution in [2.75, 3.05) is 24.3 Å². The van der Waals surface area contributed by atoms with E-state index >= 15 is 0 Å². The van der Waals surface area contributed by atoms with Crippen LogP contribution in [-0.2, 0) is 9.59 Å². The molecule has 0 bridgehead atoms. The van der Waals surface area contributed by atoms with Crippen LogP contribution in [0.4, 0.5) is 5.82 Å². The molecule has 0 aromatic carbocycles. The molecule has 2 rings (SSSR count). The molecule has 0 N–H and O–H groups in total. The van der Waals surface area contributed by atoms with Gasteiger partial charge in [0.05, 0.1) is 7.11 Å². The average molecular weight is 316 g/mol. The van der Waals surface area contributed by atoms with Crippen LogP contribution in [0.15, 0.2) is 6.33 Å².